The van der Waals surface area contributed by atoms with Gasteiger partial charge in [-0.1, -0.05) is 0 Å². The number of ether oxygens (including phenoxy) is 1. The first kappa shape index (κ1) is 13.7. The highest BCUT2D eigenvalue weighted by Crippen LogP contribution is 2.12. The number of hydrogen-bond acceptors (Lipinski definition) is 6. The molecule has 6 heteroatoms. The van der Waals surface area contributed by atoms with Gasteiger partial charge in [0.25, 0.3) is 0 Å². The zero-order valence-electron chi connectivity index (χ0n) is 10.5. The van der Waals surface area contributed by atoms with Crippen LogP contribution in [0.25, 0.3) is 0 Å². The molecular formula is C11H20N4O2. The minimum Gasteiger partial charge on any atom is -0.388 e. The van der Waals surface area contributed by atoms with Gasteiger partial charge in [0.05, 0.1) is 18.0 Å². The number of aliphatic hydroxyl groups is 1. The van der Waals surface area contributed by atoms with Crippen LogP contribution in [-0.4, -0.2) is 48.0 Å². The molecule has 3 N–H and O–H groups in total. The van der Waals surface area contributed by atoms with Crippen LogP contribution in [0.5, 0.6) is 0 Å². The van der Waals surface area contributed by atoms with Crippen molar-refractivity contribution in [3.05, 3.63) is 12.4 Å². The number of methoxy groups -OCH3 is 1. The van der Waals surface area contributed by atoms with Gasteiger partial charge in [0.2, 0.25) is 0 Å². The molecule has 0 saturated heterocycles. The molecule has 96 valence electrons. The van der Waals surface area contributed by atoms with Crippen molar-refractivity contribution in [3.63, 3.8) is 0 Å². The fourth-order valence-corrected chi connectivity index (χ4v) is 1.26. The number of nitrogens with one attached hydrogen (secondary N) is 2. The van der Waals surface area contributed by atoms with Gasteiger partial charge in [0.15, 0.2) is 0 Å². The third kappa shape index (κ3) is 4.97. The Morgan fingerprint density at radius 1 is 1.41 bits per heavy atom. The molecule has 0 bridgehead atoms. The van der Waals surface area contributed by atoms with E-state index >= 15 is 0 Å². The Morgan fingerprint density at radius 2 is 2.12 bits per heavy atom. The van der Waals surface area contributed by atoms with Crippen LogP contribution in [0.15, 0.2) is 12.4 Å². The first-order valence-corrected chi connectivity index (χ1v) is 5.52. The van der Waals surface area contributed by atoms with E-state index in [0.29, 0.717) is 31.2 Å². The second-order valence-electron chi connectivity index (χ2n) is 4.13. The lowest BCUT2D eigenvalue weighted by Gasteiger charge is -2.23. The summed E-state index contributed by atoms with van der Waals surface area (Å²) in [5, 5.41) is 16.0. The van der Waals surface area contributed by atoms with Gasteiger partial charge in [-0.05, 0) is 6.92 Å². The van der Waals surface area contributed by atoms with E-state index in [9.17, 15) is 5.11 Å². The van der Waals surface area contributed by atoms with Gasteiger partial charge < -0.3 is 20.5 Å². The van der Waals surface area contributed by atoms with Crippen LogP contribution < -0.4 is 10.6 Å². The number of rotatable bonds is 7. The van der Waals surface area contributed by atoms with Gasteiger partial charge in [-0.25, -0.2) is 4.98 Å². The molecule has 17 heavy (non-hydrogen) atoms. The van der Waals surface area contributed by atoms with E-state index in [1.807, 2.05) is 0 Å². The predicted molar refractivity (Wildman–Crippen MR) is 67.2 cm³/mol. The lowest BCUT2D eigenvalue weighted by Crippen LogP contribution is -2.34. The van der Waals surface area contributed by atoms with Gasteiger partial charge >= 0.3 is 0 Å². The van der Waals surface area contributed by atoms with Crippen molar-refractivity contribution in [2.24, 2.45) is 0 Å². The summed E-state index contributed by atoms with van der Waals surface area (Å²) in [6.07, 6.45) is 3.82. The zero-order chi connectivity index (χ0) is 12.7. The molecular weight excluding hydrogens is 220 g/mol. The average molecular weight is 240 g/mol. The van der Waals surface area contributed by atoms with Crippen molar-refractivity contribution in [1.29, 1.82) is 0 Å². The molecule has 0 amide bonds. The van der Waals surface area contributed by atoms with Gasteiger partial charge in [0, 0.05) is 33.7 Å². The number of aromatic nitrogens is 2. The Hall–Kier alpha value is -1.40. The summed E-state index contributed by atoms with van der Waals surface area (Å²) in [5.74, 6) is 1.32. The largest absolute Gasteiger partial charge is 0.388 e. The zero-order valence-corrected chi connectivity index (χ0v) is 10.5. The van der Waals surface area contributed by atoms with E-state index in [4.69, 9.17) is 4.74 Å². The Labute approximate surface area is 101 Å². The minimum absolute atomic E-state index is 0.401. The predicted octanol–water partition coefficient (Wildman–Crippen LogP) is 0.718. The monoisotopic (exact) mass is 240 g/mol. The maximum Gasteiger partial charge on any atom is 0.147 e. The highest BCUT2D eigenvalue weighted by atomic mass is 16.5. The molecule has 1 heterocycles. The molecule has 0 aliphatic rings. The third-order valence-corrected chi connectivity index (χ3v) is 2.39. The first-order valence-electron chi connectivity index (χ1n) is 5.52. The molecule has 0 spiro atoms. The quantitative estimate of drug-likeness (QED) is 0.651. The van der Waals surface area contributed by atoms with Crippen molar-refractivity contribution < 1.29 is 9.84 Å². The van der Waals surface area contributed by atoms with E-state index in [1.165, 1.54) is 0 Å². The van der Waals surface area contributed by atoms with Gasteiger partial charge in [-0.3, -0.25) is 4.98 Å². The maximum absolute atomic E-state index is 10.0. The van der Waals surface area contributed by atoms with E-state index in [0.717, 1.165) is 0 Å². The van der Waals surface area contributed by atoms with Crippen LogP contribution in [0.4, 0.5) is 11.6 Å². The van der Waals surface area contributed by atoms with Gasteiger partial charge in [0.1, 0.15) is 11.6 Å². The lowest BCUT2D eigenvalue weighted by atomic mass is 10.0. The summed E-state index contributed by atoms with van der Waals surface area (Å²) in [7, 11) is 3.40. The van der Waals surface area contributed by atoms with E-state index < -0.39 is 5.60 Å². The number of nitrogens with zero attached hydrogens (tertiary/aromatic N) is 2. The van der Waals surface area contributed by atoms with E-state index in [2.05, 4.69) is 20.6 Å². The van der Waals surface area contributed by atoms with Crippen LogP contribution in [-0.2, 0) is 4.74 Å². The highest BCUT2D eigenvalue weighted by Gasteiger charge is 2.19. The summed E-state index contributed by atoms with van der Waals surface area (Å²) in [6, 6.07) is 0. The molecule has 1 aromatic heterocycles. The Morgan fingerprint density at radius 3 is 2.76 bits per heavy atom. The number of hydrogen-bond donors (Lipinski definition) is 3. The molecule has 1 aromatic rings. The van der Waals surface area contributed by atoms with E-state index in [1.54, 1.807) is 33.5 Å². The molecule has 1 atom stereocenters. The molecule has 6 nitrogen and oxygen atoms in total. The molecule has 1 unspecified atom stereocenters. The van der Waals surface area contributed by atoms with Crippen LogP contribution in [0, 0.1) is 0 Å². The molecule has 0 aliphatic carbocycles. The highest BCUT2D eigenvalue weighted by molar-refractivity contribution is 5.41. The molecule has 1 rings (SSSR count). The molecule has 0 radical (unpaired) electrons. The van der Waals surface area contributed by atoms with Crippen LogP contribution >= 0.6 is 0 Å². The Kier molecular flexibility index (Phi) is 5.11. The lowest BCUT2D eigenvalue weighted by molar-refractivity contribution is 0.0357. The summed E-state index contributed by atoms with van der Waals surface area (Å²) in [4.78, 5) is 8.27. The minimum atomic E-state index is -0.826. The van der Waals surface area contributed by atoms with Crippen molar-refractivity contribution >= 4 is 11.6 Å². The molecule has 0 saturated carbocycles. The fraction of sp³-hybridized carbons (Fsp3) is 0.636. The van der Waals surface area contributed by atoms with Crippen LogP contribution in [0.1, 0.15) is 13.3 Å². The van der Waals surface area contributed by atoms with Crippen LogP contribution in [0.2, 0.25) is 0 Å². The Bertz CT molecular complexity index is 344. The second kappa shape index (κ2) is 6.36. The number of anilines is 2. The molecule has 0 aliphatic heterocycles. The normalized spacial score (nSPS) is 14.1. The second-order valence-corrected chi connectivity index (χ2v) is 4.13. The smallest absolute Gasteiger partial charge is 0.147 e. The fourth-order valence-electron chi connectivity index (χ4n) is 1.26. The van der Waals surface area contributed by atoms with Crippen molar-refractivity contribution in [1.82, 2.24) is 9.97 Å². The van der Waals surface area contributed by atoms with Gasteiger partial charge in [-0.2, -0.15) is 0 Å². The van der Waals surface area contributed by atoms with Crippen molar-refractivity contribution in [2.45, 2.75) is 18.9 Å². The van der Waals surface area contributed by atoms with Crippen molar-refractivity contribution in [3.8, 4) is 0 Å². The molecule has 0 fully saturated rings. The average Bonchev–Trinajstić information content (AvgIpc) is 2.34. The summed E-state index contributed by atoms with van der Waals surface area (Å²) >= 11 is 0. The third-order valence-electron chi connectivity index (χ3n) is 2.39. The first-order chi connectivity index (χ1) is 8.07. The summed E-state index contributed by atoms with van der Waals surface area (Å²) in [6.45, 7) is 2.68. The molecule has 0 aromatic carbocycles. The maximum atomic E-state index is 10.0. The van der Waals surface area contributed by atoms with Gasteiger partial charge in [-0.15, -0.1) is 0 Å². The summed E-state index contributed by atoms with van der Waals surface area (Å²) < 4.78 is 4.94. The Balaban J connectivity index is 2.48. The summed E-state index contributed by atoms with van der Waals surface area (Å²) in [5.41, 5.74) is -0.826. The van der Waals surface area contributed by atoms with Crippen LogP contribution in [0.3, 0.4) is 0 Å². The SMILES string of the molecule is CNc1cncc(NCC(C)(O)CCOC)n1. The standard InChI is InChI=1S/C11H20N4O2/c1-11(16,4-5-17-3)8-14-10-7-13-6-9(12-2)15-10/h6-7,16H,4-5,8H2,1-3H3,(H2,12,14,15). The van der Waals surface area contributed by atoms with Crippen molar-refractivity contribution in [2.75, 3.05) is 37.9 Å². The topological polar surface area (TPSA) is 79.3 Å². The van der Waals surface area contributed by atoms with E-state index in [-0.39, 0.29) is 0 Å².